The molecule has 30 heavy (non-hydrogen) atoms. The number of benzene rings is 1. The first-order valence-corrected chi connectivity index (χ1v) is 10.8. The second kappa shape index (κ2) is 9.13. The van der Waals surface area contributed by atoms with E-state index < -0.39 is 6.10 Å². The molecule has 4 rings (SSSR count). The predicted octanol–water partition coefficient (Wildman–Crippen LogP) is 2.59. The van der Waals surface area contributed by atoms with E-state index in [0.29, 0.717) is 48.6 Å². The number of amides is 2. The van der Waals surface area contributed by atoms with E-state index in [2.05, 4.69) is 15.3 Å². The molecule has 10 heteroatoms. The van der Waals surface area contributed by atoms with Gasteiger partial charge < -0.3 is 20.0 Å². The molecule has 158 valence electrons. The van der Waals surface area contributed by atoms with Crippen LogP contribution in [0.2, 0.25) is 5.02 Å². The third-order valence-electron chi connectivity index (χ3n) is 4.93. The number of aliphatic hydroxyl groups excluding tert-OH is 2. The molecule has 0 saturated carbocycles. The van der Waals surface area contributed by atoms with Crippen LogP contribution in [0.15, 0.2) is 36.5 Å². The molecule has 1 aromatic carbocycles. The Morgan fingerprint density at radius 3 is 2.73 bits per heavy atom. The minimum Gasteiger partial charge on any atom is -0.394 e. The highest BCUT2D eigenvalue weighted by atomic mass is 35.5. The molecular formula is C20H22ClN5O3S. The zero-order valence-electron chi connectivity index (χ0n) is 16.2. The molecule has 3 N–H and O–H groups in total. The van der Waals surface area contributed by atoms with Gasteiger partial charge in [-0.25, -0.2) is 14.8 Å². The van der Waals surface area contributed by atoms with Gasteiger partial charge in [-0.05, 0) is 23.8 Å². The number of carbonyl (C=O) groups excluding carboxylic acids is 1. The summed E-state index contributed by atoms with van der Waals surface area (Å²) in [5, 5.41) is 22.5. The molecule has 3 aromatic rings. The predicted molar refractivity (Wildman–Crippen MR) is 118 cm³/mol. The van der Waals surface area contributed by atoms with Crippen molar-refractivity contribution in [3.05, 3.63) is 47.1 Å². The highest BCUT2D eigenvalue weighted by molar-refractivity contribution is 7.22. The van der Waals surface area contributed by atoms with E-state index in [4.69, 9.17) is 16.7 Å². The Kier molecular flexibility index (Phi) is 6.33. The fraction of sp³-hybridized carbons (Fsp3) is 0.350. The van der Waals surface area contributed by atoms with Gasteiger partial charge >= 0.3 is 6.03 Å². The summed E-state index contributed by atoms with van der Waals surface area (Å²) in [5.41, 5.74) is 1.64. The van der Waals surface area contributed by atoms with Crippen molar-refractivity contribution in [1.29, 1.82) is 0 Å². The zero-order chi connectivity index (χ0) is 21.1. The summed E-state index contributed by atoms with van der Waals surface area (Å²) in [7, 11) is 0. The maximum atomic E-state index is 12.6. The zero-order valence-corrected chi connectivity index (χ0v) is 17.7. The Morgan fingerprint density at radius 1 is 1.27 bits per heavy atom. The maximum Gasteiger partial charge on any atom is 0.323 e. The van der Waals surface area contributed by atoms with Crippen LogP contribution in [0.4, 0.5) is 15.7 Å². The topological polar surface area (TPSA) is 102 Å². The average molecular weight is 448 g/mol. The fourth-order valence-corrected chi connectivity index (χ4v) is 4.53. The van der Waals surface area contributed by atoms with Gasteiger partial charge in [-0.1, -0.05) is 35.1 Å². The van der Waals surface area contributed by atoms with Crippen molar-refractivity contribution >= 4 is 50.1 Å². The van der Waals surface area contributed by atoms with E-state index in [0.717, 1.165) is 15.8 Å². The Bertz CT molecular complexity index is 1010. The van der Waals surface area contributed by atoms with Gasteiger partial charge in [0.15, 0.2) is 5.13 Å². The first-order chi connectivity index (χ1) is 14.5. The number of anilines is 2. The number of halogens is 1. The molecule has 1 aliphatic rings. The lowest BCUT2D eigenvalue weighted by atomic mass is 10.1. The minimum absolute atomic E-state index is 0.166. The summed E-state index contributed by atoms with van der Waals surface area (Å²) < 4.78 is 1.04. The number of urea groups is 1. The van der Waals surface area contributed by atoms with Crippen LogP contribution in [0.3, 0.4) is 0 Å². The molecule has 0 aliphatic carbocycles. The van der Waals surface area contributed by atoms with Crippen LogP contribution in [0.5, 0.6) is 0 Å². The highest BCUT2D eigenvalue weighted by Crippen LogP contribution is 2.27. The van der Waals surface area contributed by atoms with Crippen LogP contribution in [0.1, 0.15) is 5.56 Å². The molecule has 0 radical (unpaired) electrons. The summed E-state index contributed by atoms with van der Waals surface area (Å²) in [4.78, 5) is 25.3. The van der Waals surface area contributed by atoms with Crippen LogP contribution in [-0.2, 0) is 6.42 Å². The highest BCUT2D eigenvalue weighted by Gasteiger charge is 2.24. The summed E-state index contributed by atoms with van der Waals surface area (Å²) in [6.07, 6.45) is 1.13. The quantitative estimate of drug-likeness (QED) is 0.555. The first kappa shape index (κ1) is 20.8. The summed E-state index contributed by atoms with van der Waals surface area (Å²) in [6, 6.07) is 9.37. The second-order valence-corrected chi connectivity index (χ2v) is 8.52. The Labute approximate surface area is 182 Å². The smallest absolute Gasteiger partial charge is 0.323 e. The molecule has 2 amide bonds. The molecule has 1 fully saturated rings. The van der Waals surface area contributed by atoms with Gasteiger partial charge in [0.05, 0.1) is 28.0 Å². The minimum atomic E-state index is -0.828. The summed E-state index contributed by atoms with van der Waals surface area (Å²) in [5.74, 6) is 0.658. The van der Waals surface area contributed by atoms with Crippen molar-refractivity contribution in [1.82, 2.24) is 14.9 Å². The number of nitrogens with one attached hydrogen (secondary N) is 1. The van der Waals surface area contributed by atoms with Crippen molar-refractivity contribution in [2.24, 2.45) is 0 Å². The van der Waals surface area contributed by atoms with Crippen molar-refractivity contribution in [2.45, 2.75) is 12.5 Å². The average Bonchev–Trinajstić information content (AvgIpc) is 3.16. The van der Waals surface area contributed by atoms with E-state index in [1.54, 1.807) is 17.2 Å². The van der Waals surface area contributed by atoms with Gasteiger partial charge in [-0.15, -0.1) is 0 Å². The largest absolute Gasteiger partial charge is 0.394 e. The van der Waals surface area contributed by atoms with Crippen molar-refractivity contribution < 1.29 is 15.0 Å². The lowest BCUT2D eigenvalue weighted by Crippen LogP contribution is -2.50. The standard InChI is InChI=1S/C20H22ClN5O3S/c21-15-10-13(9-14(28)12-27)11-22-18(15)25-5-7-26(8-6-25)20(29)24-19-23-16-3-1-2-4-17(16)30-19/h1-4,10-11,14,27-28H,5-9,12H2,(H,23,24,29)/t14-/m1/s1. The van der Waals surface area contributed by atoms with Gasteiger partial charge in [0.1, 0.15) is 5.82 Å². The Balaban J connectivity index is 1.34. The number of aromatic nitrogens is 2. The molecule has 1 aliphatic heterocycles. The number of rotatable bonds is 5. The number of hydrogen-bond donors (Lipinski definition) is 3. The number of para-hydroxylation sites is 1. The number of fused-ring (bicyclic) bond motifs is 1. The van der Waals surface area contributed by atoms with Gasteiger partial charge in [-0.3, -0.25) is 5.32 Å². The van der Waals surface area contributed by atoms with Crippen LogP contribution in [0.25, 0.3) is 10.2 Å². The Hall–Kier alpha value is -2.46. The number of nitrogens with zero attached hydrogens (tertiary/aromatic N) is 4. The number of carbonyl (C=O) groups is 1. The van der Waals surface area contributed by atoms with E-state index in [1.807, 2.05) is 29.2 Å². The molecule has 0 spiro atoms. The summed E-state index contributed by atoms with van der Waals surface area (Å²) >= 11 is 7.84. The van der Waals surface area contributed by atoms with Crippen LogP contribution < -0.4 is 10.2 Å². The monoisotopic (exact) mass is 447 g/mol. The van der Waals surface area contributed by atoms with Gasteiger partial charge in [0, 0.05) is 38.8 Å². The number of pyridine rings is 1. The second-order valence-electron chi connectivity index (χ2n) is 7.08. The third-order valence-corrected chi connectivity index (χ3v) is 6.16. The number of piperazine rings is 1. The molecule has 1 saturated heterocycles. The third kappa shape index (κ3) is 4.65. The van der Waals surface area contributed by atoms with Gasteiger partial charge in [-0.2, -0.15) is 0 Å². The van der Waals surface area contributed by atoms with Crippen molar-refractivity contribution in [2.75, 3.05) is 43.0 Å². The van der Waals surface area contributed by atoms with Crippen LogP contribution in [0, 0.1) is 0 Å². The SMILES string of the molecule is O=C(Nc1nc2ccccc2s1)N1CCN(c2ncc(C[C@@H](O)CO)cc2Cl)CC1. The van der Waals surface area contributed by atoms with E-state index in [1.165, 1.54) is 11.3 Å². The molecule has 2 aromatic heterocycles. The van der Waals surface area contributed by atoms with Crippen LogP contribution >= 0.6 is 22.9 Å². The molecular weight excluding hydrogens is 426 g/mol. The number of thiazole rings is 1. The van der Waals surface area contributed by atoms with Crippen molar-refractivity contribution in [3.8, 4) is 0 Å². The van der Waals surface area contributed by atoms with E-state index in [9.17, 15) is 9.90 Å². The van der Waals surface area contributed by atoms with Gasteiger partial charge in [0.2, 0.25) is 0 Å². The maximum absolute atomic E-state index is 12.6. The summed E-state index contributed by atoms with van der Waals surface area (Å²) in [6.45, 7) is 2.00. The normalized spacial score (nSPS) is 15.4. The fourth-order valence-electron chi connectivity index (χ4n) is 3.37. The van der Waals surface area contributed by atoms with Gasteiger partial charge in [0.25, 0.3) is 0 Å². The molecule has 1 atom stereocenters. The van der Waals surface area contributed by atoms with Crippen molar-refractivity contribution in [3.63, 3.8) is 0 Å². The van der Waals surface area contributed by atoms with Crippen LogP contribution in [-0.4, -0.2) is 70.0 Å². The number of hydrogen-bond acceptors (Lipinski definition) is 7. The Morgan fingerprint density at radius 2 is 2.03 bits per heavy atom. The lowest BCUT2D eigenvalue weighted by molar-refractivity contribution is 0.0954. The molecule has 0 unspecified atom stereocenters. The number of aliphatic hydroxyl groups is 2. The molecule has 0 bridgehead atoms. The van der Waals surface area contributed by atoms with E-state index in [-0.39, 0.29) is 12.6 Å². The lowest BCUT2D eigenvalue weighted by Gasteiger charge is -2.35. The van der Waals surface area contributed by atoms with E-state index >= 15 is 0 Å². The molecule has 3 heterocycles. The molecule has 8 nitrogen and oxygen atoms in total. The first-order valence-electron chi connectivity index (χ1n) is 9.63.